The van der Waals surface area contributed by atoms with Gasteiger partial charge in [-0.2, -0.15) is 5.26 Å². The van der Waals surface area contributed by atoms with E-state index < -0.39 is 5.60 Å². The predicted octanol–water partition coefficient (Wildman–Crippen LogP) is 3.72. The van der Waals surface area contributed by atoms with Crippen LogP contribution in [0.15, 0.2) is 48.5 Å². The summed E-state index contributed by atoms with van der Waals surface area (Å²) in [7, 11) is 1.55. The maximum absolute atomic E-state index is 12.8. The van der Waals surface area contributed by atoms with Gasteiger partial charge in [0.15, 0.2) is 0 Å². The number of methoxy groups -OCH3 is 1. The summed E-state index contributed by atoms with van der Waals surface area (Å²) in [5.41, 5.74) is 0.902. The van der Waals surface area contributed by atoms with Gasteiger partial charge in [0.1, 0.15) is 12.4 Å². The third-order valence-corrected chi connectivity index (χ3v) is 6.01. The van der Waals surface area contributed by atoms with E-state index in [-0.39, 0.29) is 24.8 Å². The zero-order valence-corrected chi connectivity index (χ0v) is 16.4. The lowest BCUT2D eigenvalue weighted by molar-refractivity contribution is -0.0548. The van der Waals surface area contributed by atoms with E-state index in [1.165, 1.54) is 0 Å². The van der Waals surface area contributed by atoms with Crippen molar-refractivity contribution in [1.82, 2.24) is 4.90 Å². The van der Waals surface area contributed by atoms with Gasteiger partial charge in [-0.3, -0.25) is 0 Å². The second-order valence-electron chi connectivity index (χ2n) is 7.80. The molecule has 6 nitrogen and oxygen atoms in total. The molecule has 2 saturated heterocycles. The van der Waals surface area contributed by atoms with Gasteiger partial charge in [-0.05, 0) is 36.6 Å². The standard InChI is InChI=1S/C23H24N2O4/c1-28-21-10-7-17(14-24)11-20(21)23(27)12-18-8-9-19(13-23)25(18)22(26)29-15-16-5-3-2-4-6-16/h2-7,10-11,18-19,27H,8-9,12-13,15H2,1H3. The number of carbonyl (C=O) groups is 1. The molecule has 0 aromatic heterocycles. The monoisotopic (exact) mass is 392 g/mol. The molecule has 150 valence electrons. The number of aliphatic hydroxyl groups is 1. The molecule has 1 amide bonds. The van der Waals surface area contributed by atoms with E-state index in [0.29, 0.717) is 29.7 Å². The highest BCUT2D eigenvalue weighted by molar-refractivity contribution is 5.69. The molecule has 2 atom stereocenters. The second-order valence-corrected chi connectivity index (χ2v) is 7.80. The minimum absolute atomic E-state index is 0.0996. The van der Waals surface area contributed by atoms with Crippen LogP contribution < -0.4 is 4.74 Å². The summed E-state index contributed by atoms with van der Waals surface area (Å²) >= 11 is 0. The van der Waals surface area contributed by atoms with E-state index in [0.717, 1.165) is 18.4 Å². The third-order valence-electron chi connectivity index (χ3n) is 6.01. The Morgan fingerprint density at radius 1 is 1.21 bits per heavy atom. The summed E-state index contributed by atoms with van der Waals surface area (Å²) in [5.74, 6) is 0.561. The topological polar surface area (TPSA) is 82.8 Å². The van der Waals surface area contributed by atoms with E-state index in [9.17, 15) is 15.2 Å². The zero-order chi connectivity index (χ0) is 20.4. The van der Waals surface area contributed by atoms with Crippen LogP contribution in [0.1, 0.15) is 42.4 Å². The summed E-state index contributed by atoms with van der Waals surface area (Å²) in [6.45, 7) is 0.234. The lowest BCUT2D eigenvalue weighted by Crippen LogP contribution is -2.52. The Bertz CT molecular complexity index is 924. The predicted molar refractivity (Wildman–Crippen MR) is 106 cm³/mol. The highest BCUT2D eigenvalue weighted by Gasteiger charge is 2.51. The number of fused-ring (bicyclic) bond motifs is 2. The van der Waals surface area contributed by atoms with Gasteiger partial charge < -0.3 is 19.5 Å². The Morgan fingerprint density at radius 2 is 1.90 bits per heavy atom. The lowest BCUT2D eigenvalue weighted by atomic mass is 9.79. The molecule has 29 heavy (non-hydrogen) atoms. The Hall–Kier alpha value is -3.04. The van der Waals surface area contributed by atoms with E-state index in [1.54, 1.807) is 30.2 Å². The number of rotatable bonds is 4. The number of nitrogens with zero attached hydrogens (tertiary/aromatic N) is 2. The molecule has 0 radical (unpaired) electrons. The smallest absolute Gasteiger partial charge is 0.410 e. The van der Waals surface area contributed by atoms with Crippen LogP contribution in [0, 0.1) is 11.3 Å². The lowest BCUT2D eigenvalue weighted by Gasteiger charge is -2.43. The van der Waals surface area contributed by atoms with Crippen LogP contribution in [-0.2, 0) is 16.9 Å². The first-order valence-electron chi connectivity index (χ1n) is 9.84. The Balaban J connectivity index is 1.52. The van der Waals surface area contributed by atoms with Gasteiger partial charge in [0.25, 0.3) is 0 Å². The second kappa shape index (κ2) is 7.76. The molecule has 2 aliphatic rings. The van der Waals surface area contributed by atoms with E-state index in [1.807, 2.05) is 30.3 Å². The van der Waals surface area contributed by atoms with Crippen LogP contribution >= 0.6 is 0 Å². The molecule has 6 heteroatoms. The molecular formula is C23H24N2O4. The molecule has 2 heterocycles. The van der Waals surface area contributed by atoms with Crippen molar-refractivity contribution in [3.05, 3.63) is 65.2 Å². The van der Waals surface area contributed by atoms with E-state index >= 15 is 0 Å². The van der Waals surface area contributed by atoms with Gasteiger partial charge in [-0.25, -0.2) is 4.79 Å². The fourth-order valence-electron chi connectivity index (χ4n) is 4.68. The number of nitriles is 1. The van der Waals surface area contributed by atoms with Crippen molar-refractivity contribution in [3.63, 3.8) is 0 Å². The molecular weight excluding hydrogens is 368 g/mol. The molecule has 0 saturated carbocycles. The van der Waals surface area contributed by atoms with Crippen LogP contribution in [0.3, 0.4) is 0 Å². The van der Waals surface area contributed by atoms with Gasteiger partial charge in [0, 0.05) is 30.5 Å². The first-order valence-corrected chi connectivity index (χ1v) is 9.84. The average Bonchev–Trinajstić information content (AvgIpc) is 3.04. The van der Waals surface area contributed by atoms with E-state index in [2.05, 4.69) is 6.07 Å². The first-order chi connectivity index (χ1) is 14.0. The van der Waals surface area contributed by atoms with Crippen LogP contribution in [0.2, 0.25) is 0 Å². The van der Waals surface area contributed by atoms with Gasteiger partial charge >= 0.3 is 6.09 Å². The average molecular weight is 392 g/mol. The fraction of sp³-hybridized carbons (Fsp3) is 0.391. The van der Waals surface area contributed by atoms with Gasteiger partial charge in [0.05, 0.1) is 24.3 Å². The summed E-state index contributed by atoms with van der Waals surface area (Å²) in [4.78, 5) is 14.5. The molecule has 2 aromatic carbocycles. The van der Waals surface area contributed by atoms with Gasteiger partial charge in [0.2, 0.25) is 0 Å². The van der Waals surface area contributed by atoms with Crippen molar-refractivity contribution >= 4 is 6.09 Å². The summed E-state index contributed by atoms with van der Waals surface area (Å²) in [6, 6.07) is 16.6. The minimum Gasteiger partial charge on any atom is -0.496 e. The molecule has 1 N–H and O–H groups in total. The van der Waals surface area contributed by atoms with Crippen molar-refractivity contribution in [1.29, 1.82) is 5.26 Å². The molecule has 2 aromatic rings. The maximum Gasteiger partial charge on any atom is 0.410 e. The molecule has 2 fully saturated rings. The molecule has 2 bridgehead atoms. The van der Waals surface area contributed by atoms with Crippen molar-refractivity contribution in [2.75, 3.05) is 7.11 Å². The molecule has 0 aliphatic carbocycles. The normalized spacial score (nSPS) is 25.3. The third kappa shape index (κ3) is 3.66. The fourth-order valence-corrected chi connectivity index (χ4v) is 4.68. The number of ether oxygens (including phenoxy) is 2. The molecule has 0 spiro atoms. The summed E-state index contributed by atoms with van der Waals surface area (Å²) in [5, 5.41) is 20.7. The van der Waals surface area contributed by atoms with Crippen molar-refractivity contribution in [3.8, 4) is 11.8 Å². The molecule has 4 rings (SSSR count). The minimum atomic E-state index is -1.14. The largest absolute Gasteiger partial charge is 0.496 e. The molecule has 2 aliphatic heterocycles. The van der Waals surface area contributed by atoms with Gasteiger partial charge in [-0.15, -0.1) is 0 Å². The SMILES string of the molecule is COc1ccc(C#N)cc1C1(O)CC2CCC(C1)N2C(=O)OCc1ccccc1. The van der Waals surface area contributed by atoms with Crippen LogP contribution in [0.25, 0.3) is 0 Å². The van der Waals surface area contributed by atoms with Gasteiger partial charge in [-0.1, -0.05) is 30.3 Å². The van der Waals surface area contributed by atoms with Crippen molar-refractivity contribution < 1.29 is 19.4 Å². The van der Waals surface area contributed by atoms with Crippen molar-refractivity contribution in [2.24, 2.45) is 0 Å². The Kier molecular flexibility index (Phi) is 5.16. The van der Waals surface area contributed by atoms with Crippen LogP contribution in [-0.4, -0.2) is 35.3 Å². The maximum atomic E-state index is 12.8. The Morgan fingerprint density at radius 3 is 2.52 bits per heavy atom. The van der Waals surface area contributed by atoms with Crippen LogP contribution in [0.4, 0.5) is 4.79 Å². The summed E-state index contributed by atoms with van der Waals surface area (Å²) in [6.07, 6.45) is 2.12. The number of carbonyl (C=O) groups excluding carboxylic acids is 1. The Labute approximate surface area is 170 Å². The number of amides is 1. The summed E-state index contributed by atoms with van der Waals surface area (Å²) < 4.78 is 11.0. The zero-order valence-electron chi connectivity index (χ0n) is 16.4. The molecule has 2 unspecified atom stereocenters. The quantitative estimate of drug-likeness (QED) is 0.857. The number of piperidine rings is 1. The highest BCUT2D eigenvalue weighted by atomic mass is 16.6. The first kappa shape index (κ1) is 19.3. The number of hydrogen-bond donors (Lipinski definition) is 1. The highest BCUT2D eigenvalue weighted by Crippen LogP contribution is 2.48. The van der Waals surface area contributed by atoms with Crippen LogP contribution in [0.5, 0.6) is 5.75 Å². The number of hydrogen-bond acceptors (Lipinski definition) is 5. The van der Waals surface area contributed by atoms with Crippen molar-refractivity contribution in [2.45, 2.75) is 50.0 Å². The number of benzene rings is 2. The van der Waals surface area contributed by atoms with E-state index in [4.69, 9.17) is 9.47 Å².